The van der Waals surface area contributed by atoms with Gasteiger partial charge in [-0.05, 0) is 37.8 Å². The molecule has 1 N–H and O–H groups in total. The second-order valence-corrected chi connectivity index (χ2v) is 4.82. The molecule has 0 bridgehead atoms. The van der Waals surface area contributed by atoms with E-state index in [0.29, 0.717) is 5.92 Å². The van der Waals surface area contributed by atoms with Crippen molar-refractivity contribution < 1.29 is 5.11 Å². The summed E-state index contributed by atoms with van der Waals surface area (Å²) in [6.07, 6.45) is 4.43. The lowest BCUT2D eigenvalue weighted by atomic mass is 9.80. The molecule has 0 spiro atoms. The van der Waals surface area contributed by atoms with Gasteiger partial charge in [0.2, 0.25) is 0 Å². The molecule has 0 heterocycles. The van der Waals surface area contributed by atoms with Crippen LogP contribution in [-0.4, -0.2) is 11.2 Å². The van der Waals surface area contributed by atoms with Crippen molar-refractivity contribution in [2.24, 2.45) is 0 Å². The molecule has 1 saturated carbocycles. The number of hydrogen-bond acceptors (Lipinski definition) is 1. The first-order valence-electron chi connectivity index (χ1n) is 5.93. The highest BCUT2D eigenvalue weighted by Crippen LogP contribution is 2.34. The lowest BCUT2D eigenvalue weighted by Gasteiger charge is -2.29. The van der Waals surface area contributed by atoms with Gasteiger partial charge in [0.15, 0.2) is 0 Å². The Morgan fingerprint density at radius 2 is 1.87 bits per heavy atom. The van der Waals surface area contributed by atoms with Crippen LogP contribution in [0.2, 0.25) is 0 Å². The smallest absolute Gasteiger partial charge is 0.0608 e. The maximum atomic E-state index is 10.0. The zero-order valence-corrected chi connectivity index (χ0v) is 9.66. The molecular formula is C14H20O. The summed E-state index contributed by atoms with van der Waals surface area (Å²) >= 11 is 0. The third-order valence-corrected chi connectivity index (χ3v) is 3.56. The van der Waals surface area contributed by atoms with Gasteiger partial charge in [0.25, 0.3) is 0 Å². The molecule has 15 heavy (non-hydrogen) atoms. The summed E-state index contributed by atoms with van der Waals surface area (Å²) in [5.74, 6) is 0.374. The van der Waals surface area contributed by atoms with E-state index in [1.807, 2.05) is 0 Å². The fraction of sp³-hybridized carbons (Fsp3) is 0.571. The van der Waals surface area contributed by atoms with Gasteiger partial charge in [-0.3, -0.25) is 0 Å². The van der Waals surface area contributed by atoms with Gasteiger partial charge >= 0.3 is 0 Å². The summed E-state index contributed by atoms with van der Waals surface area (Å²) in [5, 5.41) is 10.0. The van der Waals surface area contributed by atoms with Crippen LogP contribution in [0, 0.1) is 13.8 Å². The molecule has 82 valence electrons. The summed E-state index contributed by atoms with van der Waals surface area (Å²) < 4.78 is 0. The Hall–Kier alpha value is -0.820. The van der Waals surface area contributed by atoms with Gasteiger partial charge in [0.1, 0.15) is 0 Å². The first-order valence-corrected chi connectivity index (χ1v) is 5.93. The van der Waals surface area contributed by atoms with Crippen LogP contribution < -0.4 is 0 Å². The van der Waals surface area contributed by atoms with Crippen LogP contribution in [0.4, 0.5) is 0 Å². The monoisotopic (exact) mass is 204 g/mol. The first kappa shape index (κ1) is 10.7. The maximum absolute atomic E-state index is 10.0. The zero-order chi connectivity index (χ0) is 10.8. The molecule has 0 radical (unpaired) electrons. The van der Waals surface area contributed by atoms with E-state index < -0.39 is 0 Å². The van der Waals surface area contributed by atoms with E-state index in [0.717, 1.165) is 12.8 Å². The van der Waals surface area contributed by atoms with Crippen molar-refractivity contribution in [3.63, 3.8) is 0 Å². The Labute approximate surface area is 92.1 Å². The van der Waals surface area contributed by atoms with Crippen LogP contribution in [0.25, 0.3) is 0 Å². The number of hydrogen-bond donors (Lipinski definition) is 1. The van der Waals surface area contributed by atoms with Gasteiger partial charge in [0.05, 0.1) is 6.10 Å². The van der Waals surface area contributed by atoms with Crippen molar-refractivity contribution in [2.45, 2.75) is 51.6 Å². The molecular weight excluding hydrogens is 184 g/mol. The highest BCUT2D eigenvalue weighted by molar-refractivity contribution is 5.34. The maximum Gasteiger partial charge on any atom is 0.0608 e. The highest BCUT2D eigenvalue weighted by atomic mass is 16.3. The molecule has 1 aliphatic carbocycles. The minimum atomic E-state index is -0.126. The number of benzene rings is 1. The van der Waals surface area contributed by atoms with Gasteiger partial charge < -0.3 is 5.11 Å². The average molecular weight is 204 g/mol. The fourth-order valence-corrected chi connectivity index (χ4v) is 2.63. The topological polar surface area (TPSA) is 20.2 Å². The molecule has 2 atom stereocenters. The lowest BCUT2D eigenvalue weighted by Crippen LogP contribution is -2.23. The Balaban J connectivity index is 2.30. The minimum Gasteiger partial charge on any atom is -0.392 e. The van der Waals surface area contributed by atoms with Gasteiger partial charge in [-0.25, -0.2) is 0 Å². The van der Waals surface area contributed by atoms with Gasteiger partial charge in [-0.2, -0.15) is 0 Å². The molecule has 0 unspecified atom stereocenters. The summed E-state index contributed by atoms with van der Waals surface area (Å²) in [6, 6.07) is 6.56. The Morgan fingerprint density at radius 3 is 2.60 bits per heavy atom. The van der Waals surface area contributed by atoms with Crippen LogP contribution in [0.15, 0.2) is 18.2 Å². The van der Waals surface area contributed by atoms with Crippen LogP contribution in [0.3, 0.4) is 0 Å². The van der Waals surface area contributed by atoms with Crippen LogP contribution in [0.1, 0.15) is 48.3 Å². The van der Waals surface area contributed by atoms with Crippen LogP contribution >= 0.6 is 0 Å². The van der Waals surface area contributed by atoms with Gasteiger partial charge in [-0.1, -0.05) is 36.6 Å². The summed E-state index contributed by atoms with van der Waals surface area (Å²) in [5.41, 5.74) is 3.99. The van der Waals surface area contributed by atoms with Crippen molar-refractivity contribution in [1.82, 2.24) is 0 Å². The first-order chi connectivity index (χ1) is 7.18. The third kappa shape index (κ3) is 2.23. The quantitative estimate of drug-likeness (QED) is 0.744. The summed E-state index contributed by atoms with van der Waals surface area (Å²) in [6.45, 7) is 4.27. The molecule has 0 saturated heterocycles. The second-order valence-electron chi connectivity index (χ2n) is 4.82. The molecule has 1 nitrogen and oxygen atoms in total. The van der Waals surface area contributed by atoms with E-state index in [2.05, 4.69) is 32.0 Å². The van der Waals surface area contributed by atoms with E-state index in [1.54, 1.807) is 0 Å². The van der Waals surface area contributed by atoms with Crippen molar-refractivity contribution in [3.05, 3.63) is 34.9 Å². The molecule has 1 fully saturated rings. The fourth-order valence-electron chi connectivity index (χ4n) is 2.63. The van der Waals surface area contributed by atoms with E-state index >= 15 is 0 Å². The van der Waals surface area contributed by atoms with E-state index in [4.69, 9.17) is 0 Å². The van der Waals surface area contributed by atoms with E-state index in [9.17, 15) is 5.11 Å². The summed E-state index contributed by atoms with van der Waals surface area (Å²) in [7, 11) is 0. The SMILES string of the molecule is Cc1ccc(C)c([C@@H]2CCCC[C@H]2O)c1. The number of aliphatic hydroxyl groups excluding tert-OH is 1. The third-order valence-electron chi connectivity index (χ3n) is 3.56. The second kappa shape index (κ2) is 4.36. The Bertz CT molecular complexity index is 343. The van der Waals surface area contributed by atoms with Crippen LogP contribution in [0.5, 0.6) is 0 Å². The molecule has 0 aromatic heterocycles. The molecule has 0 aliphatic heterocycles. The zero-order valence-electron chi connectivity index (χ0n) is 9.66. The van der Waals surface area contributed by atoms with Crippen molar-refractivity contribution >= 4 is 0 Å². The molecule has 1 heteroatoms. The molecule has 1 aliphatic rings. The van der Waals surface area contributed by atoms with E-state index in [1.165, 1.54) is 29.5 Å². The number of rotatable bonds is 1. The van der Waals surface area contributed by atoms with Crippen molar-refractivity contribution in [3.8, 4) is 0 Å². The van der Waals surface area contributed by atoms with Gasteiger partial charge in [-0.15, -0.1) is 0 Å². The van der Waals surface area contributed by atoms with E-state index in [-0.39, 0.29) is 6.10 Å². The summed E-state index contributed by atoms with van der Waals surface area (Å²) in [4.78, 5) is 0. The normalized spacial score (nSPS) is 26.6. The number of aliphatic hydroxyl groups is 1. The molecule has 2 rings (SSSR count). The molecule has 1 aromatic carbocycles. The lowest BCUT2D eigenvalue weighted by molar-refractivity contribution is 0.106. The minimum absolute atomic E-state index is 0.126. The standard InChI is InChI=1S/C14H20O/c1-10-7-8-11(2)13(9-10)12-5-3-4-6-14(12)15/h7-9,12,14-15H,3-6H2,1-2H3/t12-,14+/m0/s1. The van der Waals surface area contributed by atoms with Crippen molar-refractivity contribution in [1.29, 1.82) is 0 Å². The molecule has 0 amide bonds. The number of aryl methyl sites for hydroxylation is 2. The average Bonchev–Trinajstić information content (AvgIpc) is 2.23. The Kier molecular flexibility index (Phi) is 3.11. The Morgan fingerprint density at radius 1 is 1.13 bits per heavy atom. The predicted molar refractivity (Wildman–Crippen MR) is 63.1 cm³/mol. The molecule has 1 aromatic rings. The predicted octanol–water partition coefficient (Wildman–Crippen LogP) is 3.32. The van der Waals surface area contributed by atoms with Crippen LogP contribution in [-0.2, 0) is 0 Å². The van der Waals surface area contributed by atoms with Crippen molar-refractivity contribution in [2.75, 3.05) is 0 Å². The van der Waals surface area contributed by atoms with Gasteiger partial charge in [0, 0.05) is 5.92 Å². The highest BCUT2D eigenvalue weighted by Gasteiger charge is 2.25. The largest absolute Gasteiger partial charge is 0.392 e.